The summed E-state index contributed by atoms with van der Waals surface area (Å²) in [6.07, 6.45) is -4.40. The summed E-state index contributed by atoms with van der Waals surface area (Å²) in [4.78, 5) is 25.9. The molecule has 2 aromatic rings. The van der Waals surface area contributed by atoms with E-state index in [2.05, 4.69) is 5.32 Å². The van der Waals surface area contributed by atoms with Gasteiger partial charge in [0.05, 0.1) is 11.6 Å². The van der Waals surface area contributed by atoms with Crippen molar-refractivity contribution in [3.63, 3.8) is 0 Å². The summed E-state index contributed by atoms with van der Waals surface area (Å²) in [5.74, 6) is -0.764. The lowest BCUT2D eigenvalue weighted by atomic mass is 10.1. The molecule has 4 nitrogen and oxygen atoms in total. The Morgan fingerprint density at radius 1 is 1.08 bits per heavy atom. The van der Waals surface area contributed by atoms with Crippen LogP contribution < -0.4 is 10.2 Å². The summed E-state index contributed by atoms with van der Waals surface area (Å²) < 4.78 is 38.2. The topological polar surface area (TPSA) is 49.4 Å². The fourth-order valence-electron chi connectivity index (χ4n) is 2.77. The van der Waals surface area contributed by atoms with Crippen LogP contribution in [-0.4, -0.2) is 24.4 Å². The zero-order valence-corrected chi connectivity index (χ0v) is 13.1. The summed E-state index contributed by atoms with van der Waals surface area (Å²) in [5.41, 5.74) is -0.239. The molecule has 25 heavy (non-hydrogen) atoms. The average Bonchev–Trinajstić information content (AvgIpc) is 2.95. The molecule has 1 N–H and O–H groups in total. The molecule has 0 aliphatic carbocycles. The van der Waals surface area contributed by atoms with Gasteiger partial charge in [0.25, 0.3) is 5.91 Å². The number of benzene rings is 2. The van der Waals surface area contributed by atoms with Gasteiger partial charge in [-0.25, -0.2) is 0 Å². The maximum absolute atomic E-state index is 12.7. The first-order valence-corrected chi connectivity index (χ1v) is 7.68. The fourth-order valence-corrected chi connectivity index (χ4v) is 2.77. The van der Waals surface area contributed by atoms with Gasteiger partial charge in [0.2, 0.25) is 5.91 Å². The van der Waals surface area contributed by atoms with Crippen LogP contribution in [0.25, 0.3) is 0 Å². The quantitative estimate of drug-likeness (QED) is 0.926. The van der Waals surface area contributed by atoms with Crippen molar-refractivity contribution in [3.05, 3.63) is 65.7 Å². The van der Waals surface area contributed by atoms with Crippen LogP contribution in [0, 0.1) is 0 Å². The van der Waals surface area contributed by atoms with Gasteiger partial charge in [0.1, 0.15) is 0 Å². The Kier molecular flexibility index (Phi) is 4.48. The van der Waals surface area contributed by atoms with Crippen LogP contribution in [0.1, 0.15) is 22.3 Å². The molecule has 1 unspecified atom stereocenters. The number of nitrogens with one attached hydrogen (secondary N) is 1. The number of hydrogen-bond donors (Lipinski definition) is 1. The number of anilines is 1. The standard InChI is InChI=1S/C18H15F3N2O2/c19-18(20,21)13-6-4-5-12(9-13)17(25)22-14-10-16(24)23(11-14)15-7-2-1-3-8-15/h1-9,14H,10-11H2,(H,22,25). The molecule has 0 aromatic heterocycles. The Morgan fingerprint density at radius 2 is 1.80 bits per heavy atom. The molecule has 2 aromatic carbocycles. The lowest BCUT2D eigenvalue weighted by molar-refractivity contribution is -0.137. The van der Waals surface area contributed by atoms with Gasteiger partial charge in [0.15, 0.2) is 0 Å². The molecule has 1 aliphatic rings. The van der Waals surface area contributed by atoms with E-state index >= 15 is 0 Å². The number of alkyl halides is 3. The maximum Gasteiger partial charge on any atom is 0.416 e. The van der Waals surface area contributed by atoms with Crippen molar-refractivity contribution in [2.24, 2.45) is 0 Å². The van der Waals surface area contributed by atoms with E-state index in [9.17, 15) is 22.8 Å². The Hall–Kier alpha value is -2.83. The zero-order chi connectivity index (χ0) is 18.0. The van der Waals surface area contributed by atoms with E-state index in [4.69, 9.17) is 0 Å². The van der Waals surface area contributed by atoms with E-state index in [1.807, 2.05) is 6.07 Å². The molecule has 0 saturated carbocycles. The van der Waals surface area contributed by atoms with E-state index in [0.29, 0.717) is 0 Å². The van der Waals surface area contributed by atoms with Crippen molar-refractivity contribution in [1.82, 2.24) is 5.32 Å². The second-order valence-electron chi connectivity index (χ2n) is 5.79. The minimum absolute atomic E-state index is 0.0829. The van der Waals surface area contributed by atoms with E-state index in [1.165, 1.54) is 12.1 Å². The Bertz CT molecular complexity index is 790. The zero-order valence-electron chi connectivity index (χ0n) is 13.1. The summed E-state index contributed by atoms with van der Waals surface area (Å²) in [5, 5.41) is 2.64. The first-order chi connectivity index (χ1) is 11.8. The number of halogens is 3. The smallest absolute Gasteiger partial charge is 0.347 e. The molecule has 1 atom stereocenters. The normalized spacial score (nSPS) is 17.6. The van der Waals surface area contributed by atoms with Crippen LogP contribution >= 0.6 is 0 Å². The third-order valence-electron chi connectivity index (χ3n) is 3.98. The minimum atomic E-state index is -4.51. The molecule has 1 saturated heterocycles. The molecule has 1 heterocycles. The molecule has 0 radical (unpaired) electrons. The third-order valence-corrected chi connectivity index (χ3v) is 3.98. The number of hydrogen-bond acceptors (Lipinski definition) is 2. The molecule has 1 aliphatic heterocycles. The van der Waals surface area contributed by atoms with Crippen molar-refractivity contribution in [2.75, 3.05) is 11.4 Å². The molecule has 3 rings (SSSR count). The number of carbonyl (C=O) groups is 2. The number of rotatable bonds is 3. The fraction of sp³-hybridized carbons (Fsp3) is 0.222. The molecule has 130 valence electrons. The van der Waals surface area contributed by atoms with Gasteiger partial charge in [-0.1, -0.05) is 24.3 Å². The highest BCUT2D eigenvalue weighted by atomic mass is 19.4. The first-order valence-electron chi connectivity index (χ1n) is 7.68. The van der Waals surface area contributed by atoms with Crippen LogP contribution in [0.5, 0.6) is 0 Å². The van der Waals surface area contributed by atoms with Crippen molar-refractivity contribution < 1.29 is 22.8 Å². The molecule has 1 fully saturated rings. The highest BCUT2D eigenvalue weighted by molar-refractivity contribution is 5.99. The van der Waals surface area contributed by atoms with Crippen LogP contribution in [0.3, 0.4) is 0 Å². The number of amides is 2. The molecule has 2 amide bonds. The maximum atomic E-state index is 12.7. The van der Waals surface area contributed by atoms with Crippen molar-refractivity contribution >= 4 is 17.5 Å². The van der Waals surface area contributed by atoms with Gasteiger partial charge in [0, 0.05) is 24.2 Å². The summed E-state index contributed by atoms with van der Waals surface area (Å²) in [6, 6.07) is 12.8. The van der Waals surface area contributed by atoms with Gasteiger partial charge in [-0.2, -0.15) is 13.2 Å². The predicted octanol–water partition coefficient (Wildman–Crippen LogP) is 3.24. The van der Waals surface area contributed by atoms with Gasteiger partial charge < -0.3 is 10.2 Å². The minimum Gasteiger partial charge on any atom is -0.347 e. The largest absolute Gasteiger partial charge is 0.416 e. The molecule has 0 spiro atoms. The van der Waals surface area contributed by atoms with Crippen molar-refractivity contribution in [2.45, 2.75) is 18.6 Å². The van der Waals surface area contributed by atoms with E-state index < -0.39 is 23.7 Å². The Labute approximate surface area is 142 Å². The monoisotopic (exact) mass is 348 g/mol. The van der Waals surface area contributed by atoms with Crippen LogP contribution in [0.4, 0.5) is 18.9 Å². The SMILES string of the molecule is O=C(NC1CC(=O)N(c2ccccc2)C1)c1cccc(C(F)(F)F)c1. The summed E-state index contributed by atoms with van der Waals surface area (Å²) in [6.45, 7) is 0.285. The summed E-state index contributed by atoms with van der Waals surface area (Å²) >= 11 is 0. The van der Waals surface area contributed by atoms with Crippen LogP contribution in [0.2, 0.25) is 0 Å². The highest BCUT2D eigenvalue weighted by Crippen LogP contribution is 2.29. The first kappa shape index (κ1) is 17.0. The van der Waals surface area contributed by atoms with Crippen LogP contribution in [0.15, 0.2) is 54.6 Å². The van der Waals surface area contributed by atoms with Gasteiger partial charge in [-0.3, -0.25) is 9.59 Å². The van der Waals surface area contributed by atoms with E-state index in [0.717, 1.165) is 17.8 Å². The van der Waals surface area contributed by atoms with E-state index in [-0.39, 0.29) is 24.4 Å². The Balaban J connectivity index is 1.69. The molecular weight excluding hydrogens is 333 g/mol. The Morgan fingerprint density at radius 3 is 2.48 bits per heavy atom. The van der Waals surface area contributed by atoms with Gasteiger partial charge >= 0.3 is 6.18 Å². The third kappa shape index (κ3) is 3.81. The lowest BCUT2D eigenvalue weighted by Gasteiger charge is -2.17. The average molecular weight is 348 g/mol. The van der Waals surface area contributed by atoms with Gasteiger partial charge in [-0.05, 0) is 30.3 Å². The molecule has 7 heteroatoms. The van der Waals surface area contributed by atoms with Crippen molar-refractivity contribution in [1.29, 1.82) is 0 Å². The lowest BCUT2D eigenvalue weighted by Crippen LogP contribution is -2.37. The predicted molar refractivity (Wildman–Crippen MR) is 86.1 cm³/mol. The molecule has 0 bridgehead atoms. The number of nitrogens with zero attached hydrogens (tertiary/aromatic N) is 1. The second-order valence-corrected chi connectivity index (χ2v) is 5.79. The second kappa shape index (κ2) is 6.58. The highest BCUT2D eigenvalue weighted by Gasteiger charge is 2.33. The molecular formula is C18H15F3N2O2. The number of carbonyl (C=O) groups excluding carboxylic acids is 2. The van der Waals surface area contributed by atoms with E-state index in [1.54, 1.807) is 29.2 Å². The van der Waals surface area contributed by atoms with Gasteiger partial charge in [-0.15, -0.1) is 0 Å². The number of para-hydroxylation sites is 1. The summed E-state index contributed by atoms with van der Waals surface area (Å²) in [7, 11) is 0. The van der Waals surface area contributed by atoms with Crippen molar-refractivity contribution in [3.8, 4) is 0 Å². The van der Waals surface area contributed by atoms with Crippen LogP contribution in [-0.2, 0) is 11.0 Å².